The van der Waals surface area contributed by atoms with E-state index in [-0.39, 0.29) is 11.6 Å². The van der Waals surface area contributed by atoms with Gasteiger partial charge < -0.3 is 10.3 Å². The molecule has 1 aromatic carbocycles. The number of pyridine rings is 1. The van der Waals surface area contributed by atoms with E-state index in [0.29, 0.717) is 38.8 Å². The molecule has 0 amide bonds. The minimum absolute atomic E-state index is 0.268. The van der Waals surface area contributed by atoms with E-state index in [9.17, 15) is 4.79 Å². The number of nitriles is 1. The summed E-state index contributed by atoms with van der Waals surface area (Å²) >= 11 is 5.98. The lowest BCUT2D eigenvalue weighted by molar-refractivity contribution is 0.815. The van der Waals surface area contributed by atoms with Crippen molar-refractivity contribution in [3.63, 3.8) is 0 Å². The number of H-pyrrole nitrogens is 1. The summed E-state index contributed by atoms with van der Waals surface area (Å²) in [6.07, 6.45) is 0. The van der Waals surface area contributed by atoms with Gasteiger partial charge >= 0.3 is 0 Å². The topological polar surface area (TPSA) is 94.5 Å². The molecule has 6 nitrogen and oxygen atoms in total. The monoisotopic (exact) mass is 339 g/mol. The molecule has 0 fully saturated rings. The van der Waals surface area contributed by atoms with Crippen molar-refractivity contribution >= 4 is 28.5 Å². The zero-order chi connectivity index (χ0) is 17.3. The van der Waals surface area contributed by atoms with Gasteiger partial charge in [-0.05, 0) is 44.2 Å². The third-order valence-electron chi connectivity index (χ3n) is 3.66. The van der Waals surface area contributed by atoms with Crippen molar-refractivity contribution in [2.75, 3.05) is 5.32 Å². The van der Waals surface area contributed by atoms with Crippen molar-refractivity contribution in [3.8, 4) is 6.07 Å². The fourth-order valence-electron chi connectivity index (χ4n) is 2.41. The van der Waals surface area contributed by atoms with Gasteiger partial charge in [0.05, 0.1) is 28.3 Å². The van der Waals surface area contributed by atoms with Crippen LogP contribution in [0.2, 0.25) is 5.02 Å². The zero-order valence-electron chi connectivity index (χ0n) is 13.1. The lowest BCUT2D eigenvalue weighted by Crippen LogP contribution is -2.22. The first-order valence-electron chi connectivity index (χ1n) is 7.31. The maximum absolute atomic E-state index is 12.3. The normalized spacial score (nSPS) is 11.9. The molecule has 3 aromatic rings. The number of halogens is 1. The van der Waals surface area contributed by atoms with E-state index in [1.54, 1.807) is 37.3 Å². The molecule has 2 heterocycles. The molecule has 0 radical (unpaired) electrons. The Morgan fingerprint density at radius 2 is 2.08 bits per heavy atom. The molecule has 0 aliphatic rings. The number of hydrogen-bond acceptors (Lipinski definition) is 5. The van der Waals surface area contributed by atoms with Gasteiger partial charge in [0.2, 0.25) is 0 Å². The summed E-state index contributed by atoms with van der Waals surface area (Å²) in [6.45, 7) is 3.58. The molecule has 120 valence electrons. The SMILES string of the molecule is Cc1nc(NC(C)c2nc3cc(Cl)ccc3[nH]c2=O)ccc1C#N. The molecule has 2 N–H and O–H groups in total. The quantitative estimate of drug-likeness (QED) is 0.763. The predicted molar refractivity (Wildman–Crippen MR) is 93.1 cm³/mol. The van der Waals surface area contributed by atoms with Crippen molar-refractivity contribution < 1.29 is 0 Å². The van der Waals surface area contributed by atoms with Crippen LogP contribution >= 0.6 is 11.6 Å². The average molecular weight is 340 g/mol. The average Bonchev–Trinajstić information content (AvgIpc) is 2.54. The van der Waals surface area contributed by atoms with Crippen molar-refractivity contribution in [2.24, 2.45) is 0 Å². The summed E-state index contributed by atoms with van der Waals surface area (Å²) < 4.78 is 0. The lowest BCUT2D eigenvalue weighted by atomic mass is 10.2. The van der Waals surface area contributed by atoms with Crippen LogP contribution in [0.4, 0.5) is 5.82 Å². The smallest absolute Gasteiger partial charge is 0.272 e. The van der Waals surface area contributed by atoms with E-state index in [4.69, 9.17) is 16.9 Å². The van der Waals surface area contributed by atoms with Gasteiger partial charge in [-0.3, -0.25) is 4.79 Å². The Morgan fingerprint density at radius 3 is 2.79 bits per heavy atom. The Balaban J connectivity index is 1.95. The largest absolute Gasteiger partial charge is 0.362 e. The lowest BCUT2D eigenvalue weighted by Gasteiger charge is -2.14. The fourth-order valence-corrected chi connectivity index (χ4v) is 2.58. The third kappa shape index (κ3) is 3.07. The molecule has 1 atom stereocenters. The van der Waals surface area contributed by atoms with Gasteiger partial charge in [0.25, 0.3) is 5.56 Å². The minimum Gasteiger partial charge on any atom is -0.362 e. The number of nitrogens with one attached hydrogen (secondary N) is 2. The summed E-state index contributed by atoms with van der Waals surface area (Å²) in [5, 5.41) is 12.6. The van der Waals surface area contributed by atoms with E-state index in [1.165, 1.54) is 0 Å². The molecule has 7 heteroatoms. The Hall–Kier alpha value is -2.91. The van der Waals surface area contributed by atoms with E-state index in [0.717, 1.165) is 0 Å². The third-order valence-corrected chi connectivity index (χ3v) is 3.90. The van der Waals surface area contributed by atoms with E-state index in [1.807, 2.05) is 6.92 Å². The van der Waals surface area contributed by atoms with Gasteiger partial charge in [0, 0.05) is 5.02 Å². The number of aryl methyl sites for hydroxylation is 1. The molecule has 0 bridgehead atoms. The molecule has 3 rings (SSSR count). The number of anilines is 1. The number of benzene rings is 1. The molecular formula is C17H14ClN5O. The van der Waals surface area contributed by atoms with Crippen molar-refractivity contribution in [1.29, 1.82) is 5.26 Å². The van der Waals surface area contributed by atoms with E-state index in [2.05, 4.69) is 26.3 Å². The second kappa shape index (κ2) is 6.30. The van der Waals surface area contributed by atoms with Crippen LogP contribution in [0.1, 0.15) is 29.9 Å². The Bertz CT molecular complexity index is 1020. The Morgan fingerprint density at radius 1 is 1.29 bits per heavy atom. The van der Waals surface area contributed by atoms with E-state index < -0.39 is 0 Å². The van der Waals surface area contributed by atoms with Gasteiger partial charge in [-0.25, -0.2) is 9.97 Å². The standard InChI is InChI=1S/C17H14ClN5O/c1-9-11(8-19)3-6-15(20-9)21-10(2)16-17(24)23-13-5-4-12(18)7-14(13)22-16/h3-7,10H,1-2H3,(H,20,21)(H,23,24). The summed E-state index contributed by atoms with van der Waals surface area (Å²) in [6, 6.07) is 10.2. The van der Waals surface area contributed by atoms with Crippen LogP contribution in [0, 0.1) is 18.3 Å². The van der Waals surface area contributed by atoms with Gasteiger partial charge in [0.1, 0.15) is 17.6 Å². The second-order valence-corrected chi connectivity index (χ2v) is 5.86. The van der Waals surface area contributed by atoms with Crippen LogP contribution in [-0.2, 0) is 0 Å². The summed E-state index contributed by atoms with van der Waals surface area (Å²) in [5.41, 5.74) is 2.47. The van der Waals surface area contributed by atoms with Crippen molar-refractivity contribution in [3.05, 3.63) is 62.7 Å². The second-order valence-electron chi connectivity index (χ2n) is 5.42. The molecule has 0 spiro atoms. The van der Waals surface area contributed by atoms with Crippen LogP contribution in [0.5, 0.6) is 0 Å². The maximum Gasteiger partial charge on any atom is 0.272 e. The molecular weight excluding hydrogens is 326 g/mol. The van der Waals surface area contributed by atoms with Crippen LogP contribution in [0.15, 0.2) is 35.1 Å². The number of nitrogens with zero attached hydrogens (tertiary/aromatic N) is 3. The van der Waals surface area contributed by atoms with Gasteiger partial charge in [-0.15, -0.1) is 0 Å². The first-order chi connectivity index (χ1) is 11.5. The highest BCUT2D eigenvalue weighted by molar-refractivity contribution is 6.31. The Kier molecular flexibility index (Phi) is 4.19. The fraction of sp³-hybridized carbons (Fsp3) is 0.176. The minimum atomic E-state index is -0.364. The highest BCUT2D eigenvalue weighted by Crippen LogP contribution is 2.19. The number of fused-ring (bicyclic) bond motifs is 1. The van der Waals surface area contributed by atoms with Crippen LogP contribution in [0.3, 0.4) is 0 Å². The predicted octanol–water partition coefficient (Wildman–Crippen LogP) is 3.32. The number of rotatable bonds is 3. The Labute approximate surface area is 143 Å². The maximum atomic E-state index is 12.3. The first-order valence-corrected chi connectivity index (χ1v) is 7.69. The summed E-state index contributed by atoms with van der Waals surface area (Å²) in [5.74, 6) is 0.575. The molecule has 0 saturated carbocycles. The van der Waals surface area contributed by atoms with E-state index >= 15 is 0 Å². The molecule has 1 unspecified atom stereocenters. The molecule has 0 aliphatic carbocycles. The first kappa shape index (κ1) is 16.0. The number of aromatic amines is 1. The van der Waals surface area contributed by atoms with Crippen molar-refractivity contribution in [2.45, 2.75) is 19.9 Å². The highest BCUT2D eigenvalue weighted by atomic mass is 35.5. The molecule has 0 saturated heterocycles. The molecule has 0 aliphatic heterocycles. The number of hydrogen-bond donors (Lipinski definition) is 2. The highest BCUT2D eigenvalue weighted by Gasteiger charge is 2.14. The van der Waals surface area contributed by atoms with Crippen LogP contribution in [-0.4, -0.2) is 15.0 Å². The van der Waals surface area contributed by atoms with Crippen LogP contribution in [0.25, 0.3) is 11.0 Å². The summed E-state index contributed by atoms with van der Waals surface area (Å²) in [4.78, 5) is 23.8. The molecule has 24 heavy (non-hydrogen) atoms. The summed E-state index contributed by atoms with van der Waals surface area (Å²) in [7, 11) is 0. The van der Waals surface area contributed by atoms with Gasteiger partial charge in [0.15, 0.2) is 0 Å². The van der Waals surface area contributed by atoms with Gasteiger partial charge in [-0.1, -0.05) is 11.6 Å². The zero-order valence-corrected chi connectivity index (χ0v) is 13.8. The molecule has 2 aromatic heterocycles. The van der Waals surface area contributed by atoms with Crippen molar-refractivity contribution in [1.82, 2.24) is 15.0 Å². The van der Waals surface area contributed by atoms with Gasteiger partial charge in [-0.2, -0.15) is 5.26 Å². The number of aromatic nitrogens is 3. The van der Waals surface area contributed by atoms with Crippen LogP contribution < -0.4 is 10.9 Å².